The number of rotatable bonds is 3. The summed E-state index contributed by atoms with van der Waals surface area (Å²) in [6.07, 6.45) is 3.78. The molecule has 0 unspecified atom stereocenters. The SMILES string of the molecule is Cc1cc(C)n(-c2ccc(N[C@H]3CCCC[C@@H]3O)nn2)n1. The van der Waals surface area contributed by atoms with Crippen molar-refractivity contribution in [3.8, 4) is 5.82 Å². The Balaban J connectivity index is 1.73. The first kappa shape index (κ1) is 14.0. The molecule has 1 fully saturated rings. The quantitative estimate of drug-likeness (QED) is 0.903. The van der Waals surface area contributed by atoms with Gasteiger partial charge in [-0.1, -0.05) is 12.8 Å². The predicted octanol–water partition coefficient (Wildman–Crippen LogP) is 1.99. The molecule has 1 aliphatic rings. The summed E-state index contributed by atoms with van der Waals surface area (Å²) < 4.78 is 1.78. The molecule has 2 aromatic heterocycles. The van der Waals surface area contributed by atoms with E-state index in [0.29, 0.717) is 11.6 Å². The van der Waals surface area contributed by atoms with Crippen LogP contribution in [0.4, 0.5) is 5.82 Å². The minimum atomic E-state index is -0.295. The summed E-state index contributed by atoms with van der Waals surface area (Å²) >= 11 is 0. The molecule has 2 N–H and O–H groups in total. The lowest BCUT2D eigenvalue weighted by molar-refractivity contribution is 0.116. The molecular formula is C15H21N5O. The lowest BCUT2D eigenvalue weighted by atomic mass is 9.93. The van der Waals surface area contributed by atoms with E-state index in [0.717, 1.165) is 37.1 Å². The monoisotopic (exact) mass is 287 g/mol. The molecule has 112 valence electrons. The van der Waals surface area contributed by atoms with Gasteiger partial charge in [-0.05, 0) is 44.9 Å². The Hall–Kier alpha value is -1.95. The molecule has 2 aromatic rings. The molecular weight excluding hydrogens is 266 g/mol. The molecule has 0 aliphatic heterocycles. The van der Waals surface area contributed by atoms with Gasteiger partial charge in [0.15, 0.2) is 5.82 Å². The number of nitrogens with one attached hydrogen (secondary N) is 1. The molecule has 6 nitrogen and oxygen atoms in total. The van der Waals surface area contributed by atoms with Gasteiger partial charge in [0.2, 0.25) is 0 Å². The summed E-state index contributed by atoms with van der Waals surface area (Å²) in [5.41, 5.74) is 1.99. The van der Waals surface area contributed by atoms with Crippen molar-refractivity contribution in [2.24, 2.45) is 0 Å². The molecule has 1 aliphatic carbocycles. The van der Waals surface area contributed by atoms with Crippen LogP contribution in [0, 0.1) is 13.8 Å². The van der Waals surface area contributed by atoms with E-state index in [1.165, 1.54) is 0 Å². The maximum Gasteiger partial charge on any atom is 0.176 e. The van der Waals surface area contributed by atoms with Crippen LogP contribution >= 0.6 is 0 Å². The molecule has 21 heavy (non-hydrogen) atoms. The first-order valence-electron chi connectivity index (χ1n) is 7.45. The molecule has 2 atom stereocenters. The van der Waals surface area contributed by atoms with E-state index in [9.17, 15) is 5.11 Å². The van der Waals surface area contributed by atoms with Crippen LogP contribution < -0.4 is 5.32 Å². The van der Waals surface area contributed by atoms with Gasteiger partial charge < -0.3 is 10.4 Å². The topological polar surface area (TPSA) is 75.9 Å². The number of anilines is 1. The number of aryl methyl sites for hydroxylation is 2. The number of hydrogen-bond acceptors (Lipinski definition) is 5. The second-order valence-electron chi connectivity index (χ2n) is 5.72. The van der Waals surface area contributed by atoms with Crippen molar-refractivity contribution in [2.75, 3.05) is 5.32 Å². The minimum absolute atomic E-state index is 0.0765. The summed E-state index contributed by atoms with van der Waals surface area (Å²) in [6, 6.07) is 5.86. The van der Waals surface area contributed by atoms with Gasteiger partial charge in [0, 0.05) is 5.69 Å². The molecule has 0 saturated heterocycles. The average Bonchev–Trinajstić information content (AvgIpc) is 2.81. The lowest BCUT2D eigenvalue weighted by Gasteiger charge is -2.28. The van der Waals surface area contributed by atoms with Crippen LogP contribution in [0.2, 0.25) is 0 Å². The van der Waals surface area contributed by atoms with E-state index in [2.05, 4.69) is 20.6 Å². The standard InChI is InChI=1S/C15H21N5O/c1-10-9-11(2)20(19-10)15-8-7-14(17-18-15)16-12-5-3-4-6-13(12)21/h7-9,12-13,21H,3-6H2,1-2H3,(H,16,17)/t12-,13-/m0/s1. The molecule has 0 aromatic carbocycles. The molecule has 2 heterocycles. The summed E-state index contributed by atoms with van der Waals surface area (Å²) in [7, 11) is 0. The largest absolute Gasteiger partial charge is 0.391 e. The molecule has 1 saturated carbocycles. The van der Waals surface area contributed by atoms with Crippen molar-refractivity contribution < 1.29 is 5.11 Å². The van der Waals surface area contributed by atoms with Gasteiger partial charge in [0.1, 0.15) is 5.82 Å². The van der Waals surface area contributed by atoms with Gasteiger partial charge in [-0.3, -0.25) is 0 Å². The molecule has 0 radical (unpaired) electrons. The summed E-state index contributed by atoms with van der Waals surface area (Å²) in [6.45, 7) is 3.95. The fraction of sp³-hybridized carbons (Fsp3) is 0.533. The van der Waals surface area contributed by atoms with Gasteiger partial charge in [-0.15, -0.1) is 10.2 Å². The van der Waals surface area contributed by atoms with Gasteiger partial charge in [0.05, 0.1) is 17.8 Å². The Bertz CT molecular complexity index is 607. The molecule has 3 rings (SSSR count). The van der Waals surface area contributed by atoms with E-state index in [1.807, 2.05) is 32.0 Å². The van der Waals surface area contributed by atoms with Crippen LogP contribution in [0.3, 0.4) is 0 Å². The van der Waals surface area contributed by atoms with Crippen molar-refractivity contribution >= 4 is 5.82 Å². The van der Waals surface area contributed by atoms with Crippen LogP contribution in [0.1, 0.15) is 37.1 Å². The van der Waals surface area contributed by atoms with Crippen molar-refractivity contribution in [1.29, 1.82) is 0 Å². The maximum absolute atomic E-state index is 9.98. The highest BCUT2D eigenvalue weighted by molar-refractivity contribution is 5.38. The fourth-order valence-electron chi connectivity index (χ4n) is 2.85. The molecule has 0 bridgehead atoms. The van der Waals surface area contributed by atoms with E-state index < -0.39 is 0 Å². The third kappa shape index (κ3) is 3.05. The number of aliphatic hydroxyl groups is 1. The molecule has 6 heteroatoms. The molecule has 0 spiro atoms. The highest BCUT2D eigenvalue weighted by atomic mass is 16.3. The van der Waals surface area contributed by atoms with Crippen molar-refractivity contribution in [2.45, 2.75) is 51.7 Å². The van der Waals surface area contributed by atoms with Crippen LogP contribution in [0.25, 0.3) is 5.82 Å². The fourth-order valence-corrected chi connectivity index (χ4v) is 2.85. The van der Waals surface area contributed by atoms with Crippen LogP contribution in [0.5, 0.6) is 0 Å². The second kappa shape index (κ2) is 5.81. The third-order valence-corrected chi connectivity index (χ3v) is 3.94. The highest BCUT2D eigenvalue weighted by Gasteiger charge is 2.23. The molecule has 0 amide bonds. The number of hydrogen-bond donors (Lipinski definition) is 2. The Labute approximate surface area is 124 Å². The Morgan fingerprint density at radius 3 is 2.62 bits per heavy atom. The normalized spacial score (nSPS) is 22.2. The maximum atomic E-state index is 9.98. The summed E-state index contributed by atoms with van der Waals surface area (Å²) in [4.78, 5) is 0. The van der Waals surface area contributed by atoms with E-state index in [4.69, 9.17) is 0 Å². The highest BCUT2D eigenvalue weighted by Crippen LogP contribution is 2.21. The van der Waals surface area contributed by atoms with Gasteiger partial charge in [0.25, 0.3) is 0 Å². The first-order chi connectivity index (χ1) is 10.1. The Morgan fingerprint density at radius 1 is 1.19 bits per heavy atom. The first-order valence-corrected chi connectivity index (χ1v) is 7.45. The van der Waals surface area contributed by atoms with E-state index >= 15 is 0 Å². The number of aromatic nitrogens is 4. The van der Waals surface area contributed by atoms with Crippen LogP contribution in [-0.4, -0.2) is 37.2 Å². The zero-order valence-electron chi connectivity index (χ0n) is 12.5. The number of aliphatic hydroxyl groups excluding tert-OH is 1. The minimum Gasteiger partial charge on any atom is -0.391 e. The van der Waals surface area contributed by atoms with E-state index in [-0.39, 0.29) is 12.1 Å². The van der Waals surface area contributed by atoms with Gasteiger partial charge in [-0.2, -0.15) is 5.10 Å². The van der Waals surface area contributed by atoms with Crippen molar-refractivity contribution in [3.05, 3.63) is 29.6 Å². The Morgan fingerprint density at radius 2 is 2.00 bits per heavy atom. The zero-order valence-corrected chi connectivity index (χ0v) is 12.5. The average molecular weight is 287 g/mol. The van der Waals surface area contributed by atoms with Crippen molar-refractivity contribution in [1.82, 2.24) is 20.0 Å². The van der Waals surface area contributed by atoms with Crippen LogP contribution in [-0.2, 0) is 0 Å². The Kier molecular flexibility index (Phi) is 3.88. The third-order valence-electron chi connectivity index (χ3n) is 3.94. The van der Waals surface area contributed by atoms with E-state index in [1.54, 1.807) is 4.68 Å². The summed E-state index contributed by atoms with van der Waals surface area (Å²) in [5, 5.41) is 26.1. The number of nitrogens with zero attached hydrogens (tertiary/aromatic N) is 4. The summed E-state index contributed by atoms with van der Waals surface area (Å²) in [5.74, 6) is 1.40. The smallest absolute Gasteiger partial charge is 0.176 e. The van der Waals surface area contributed by atoms with Crippen molar-refractivity contribution in [3.63, 3.8) is 0 Å². The van der Waals surface area contributed by atoms with Crippen LogP contribution in [0.15, 0.2) is 18.2 Å². The predicted molar refractivity (Wildman–Crippen MR) is 80.5 cm³/mol. The lowest BCUT2D eigenvalue weighted by Crippen LogP contribution is -2.36. The second-order valence-corrected chi connectivity index (χ2v) is 5.72. The zero-order chi connectivity index (χ0) is 14.8. The van der Waals surface area contributed by atoms with Gasteiger partial charge in [-0.25, -0.2) is 4.68 Å². The van der Waals surface area contributed by atoms with Gasteiger partial charge >= 0.3 is 0 Å².